The highest BCUT2D eigenvalue weighted by Crippen LogP contribution is 2.38. The number of amides is 2. The molecule has 0 aliphatic carbocycles. The minimum absolute atomic E-state index is 0.0213. The fourth-order valence-electron chi connectivity index (χ4n) is 3.18. The van der Waals surface area contributed by atoms with E-state index in [4.69, 9.17) is 11.6 Å². The van der Waals surface area contributed by atoms with Crippen LogP contribution in [-0.4, -0.2) is 60.9 Å². The first-order valence-corrected chi connectivity index (χ1v) is 8.22. The molecule has 0 bridgehead atoms. The second kappa shape index (κ2) is 6.59. The lowest BCUT2D eigenvalue weighted by Crippen LogP contribution is -2.51. The Kier molecular flexibility index (Phi) is 4.78. The van der Waals surface area contributed by atoms with E-state index in [2.05, 4.69) is 4.90 Å². The summed E-state index contributed by atoms with van der Waals surface area (Å²) >= 11 is 5.60. The molecule has 2 saturated heterocycles. The second-order valence-electron chi connectivity index (χ2n) is 6.29. The highest BCUT2D eigenvalue weighted by atomic mass is 35.5. The average molecular weight is 376 g/mol. The third-order valence-electron chi connectivity index (χ3n) is 4.62. The van der Waals surface area contributed by atoms with Gasteiger partial charge in [0.05, 0.1) is 28.7 Å². The SMILES string of the molecule is CN1CCN(C2CC(=O)N(c3ccc(Cl)c(C(F)(F)F)c3)C2=O)CC1. The molecule has 9 heteroatoms. The fourth-order valence-corrected chi connectivity index (χ4v) is 3.40. The van der Waals surface area contributed by atoms with Crippen molar-refractivity contribution in [3.05, 3.63) is 28.8 Å². The molecule has 1 aromatic carbocycles. The van der Waals surface area contributed by atoms with E-state index < -0.39 is 34.6 Å². The third kappa shape index (κ3) is 3.51. The predicted octanol–water partition coefficient (Wildman–Crippen LogP) is 2.24. The maximum Gasteiger partial charge on any atom is 0.417 e. The van der Waals surface area contributed by atoms with Gasteiger partial charge in [0.1, 0.15) is 0 Å². The maximum atomic E-state index is 13.0. The normalized spacial score (nSPS) is 23.6. The zero-order valence-electron chi connectivity index (χ0n) is 13.5. The van der Waals surface area contributed by atoms with Crippen LogP contribution < -0.4 is 4.90 Å². The van der Waals surface area contributed by atoms with Crippen molar-refractivity contribution in [3.8, 4) is 0 Å². The van der Waals surface area contributed by atoms with Gasteiger partial charge in [0.2, 0.25) is 5.91 Å². The molecule has 2 amide bonds. The Bertz CT molecular complexity index is 702. The van der Waals surface area contributed by atoms with Gasteiger partial charge < -0.3 is 4.90 Å². The summed E-state index contributed by atoms with van der Waals surface area (Å²) < 4.78 is 39.1. The Hall–Kier alpha value is -1.64. The lowest BCUT2D eigenvalue weighted by Gasteiger charge is -2.35. The smallest absolute Gasteiger partial charge is 0.304 e. The van der Waals surface area contributed by atoms with E-state index >= 15 is 0 Å². The molecule has 1 atom stereocenters. The van der Waals surface area contributed by atoms with Gasteiger partial charge in [-0.3, -0.25) is 14.5 Å². The van der Waals surface area contributed by atoms with Crippen molar-refractivity contribution in [2.75, 3.05) is 38.1 Å². The molecular formula is C16H17ClF3N3O2. The van der Waals surface area contributed by atoms with Gasteiger partial charge >= 0.3 is 6.18 Å². The molecule has 1 unspecified atom stereocenters. The molecule has 2 aliphatic rings. The molecule has 3 rings (SSSR count). The minimum atomic E-state index is -4.66. The molecule has 2 fully saturated rings. The van der Waals surface area contributed by atoms with Crippen molar-refractivity contribution in [2.24, 2.45) is 0 Å². The zero-order chi connectivity index (χ0) is 18.4. The average Bonchev–Trinajstić information content (AvgIpc) is 2.83. The highest BCUT2D eigenvalue weighted by molar-refractivity contribution is 6.31. The first-order chi connectivity index (χ1) is 11.7. The van der Waals surface area contributed by atoms with Crippen LogP contribution in [0.2, 0.25) is 5.02 Å². The van der Waals surface area contributed by atoms with Gasteiger partial charge in [-0.25, -0.2) is 4.90 Å². The van der Waals surface area contributed by atoms with Crippen LogP contribution in [0.3, 0.4) is 0 Å². The van der Waals surface area contributed by atoms with Crippen molar-refractivity contribution in [1.29, 1.82) is 0 Å². The van der Waals surface area contributed by atoms with Gasteiger partial charge in [-0.1, -0.05) is 11.6 Å². The number of piperazine rings is 1. The van der Waals surface area contributed by atoms with Crippen LogP contribution in [0.5, 0.6) is 0 Å². The van der Waals surface area contributed by atoms with Gasteiger partial charge in [0, 0.05) is 26.2 Å². The first kappa shape index (κ1) is 18.2. The van der Waals surface area contributed by atoms with E-state index in [0.29, 0.717) is 13.1 Å². The standard InChI is InChI=1S/C16H17ClF3N3O2/c1-21-4-6-22(7-5-21)13-9-14(24)23(15(13)25)10-2-3-12(17)11(8-10)16(18,19)20/h2-3,8,13H,4-7,9H2,1H3. The first-order valence-electron chi connectivity index (χ1n) is 7.84. The molecule has 0 aromatic heterocycles. The molecule has 1 aromatic rings. The van der Waals surface area contributed by atoms with E-state index in [1.54, 1.807) is 0 Å². The van der Waals surface area contributed by atoms with Gasteiger partial charge in [-0.15, -0.1) is 0 Å². The van der Waals surface area contributed by atoms with Gasteiger partial charge in [0.15, 0.2) is 0 Å². The molecule has 2 heterocycles. The number of benzene rings is 1. The molecule has 136 valence electrons. The van der Waals surface area contributed by atoms with Gasteiger partial charge in [0.25, 0.3) is 5.91 Å². The van der Waals surface area contributed by atoms with Crippen molar-refractivity contribution in [2.45, 2.75) is 18.6 Å². The molecule has 2 aliphatic heterocycles. The number of rotatable bonds is 2. The molecule has 0 saturated carbocycles. The third-order valence-corrected chi connectivity index (χ3v) is 4.94. The number of hydrogen-bond acceptors (Lipinski definition) is 4. The molecule has 25 heavy (non-hydrogen) atoms. The summed E-state index contributed by atoms with van der Waals surface area (Å²) in [6, 6.07) is 2.46. The van der Waals surface area contributed by atoms with Crippen LogP contribution >= 0.6 is 11.6 Å². The quantitative estimate of drug-likeness (QED) is 0.744. The van der Waals surface area contributed by atoms with Crippen LogP contribution in [0.15, 0.2) is 18.2 Å². The predicted molar refractivity (Wildman–Crippen MR) is 86.4 cm³/mol. The molecule has 5 nitrogen and oxygen atoms in total. The number of likely N-dealkylation sites (N-methyl/N-ethyl adjacent to an activating group) is 1. The minimum Gasteiger partial charge on any atom is -0.304 e. The Balaban J connectivity index is 1.86. The van der Waals surface area contributed by atoms with E-state index in [-0.39, 0.29) is 12.1 Å². The van der Waals surface area contributed by atoms with Crippen molar-refractivity contribution in [1.82, 2.24) is 9.80 Å². The summed E-state index contributed by atoms with van der Waals surface area (Å²) in [5, 5.41) is -0.467. The largest absolute Gasteiger partial charge is 0.417 e. The van der Waals surface area contributed by atoms with Crippen LogP contribution in [0.25, 0.3) is 0 Å². The zero-order valence-corrected chi connectivity index (χ0v) is 14.3. The summed E-state index contributed by atoms with van der Waals surface area (Å²) in [6.07, 6.45) is -4.68. The van der Waals surface area contributed by atoms with Crippen molar-refractivity contribution in [3.63, 3.8) is 0 Å². The summed E-state index contributed by atoms with van der Waals surface area (Å²) in [5.74, 6) is -0.977. The second-order valence-corrected chi connectivity index (χ2v) is 6.70. The molecule has 0 N–H and O–H groups in total. The van der Waals surface area contributed by atoms with Gasteiger partial charge in [-0.05, 0) is 25.2 Å². The topological polar surface area (TPSA) is 43.9 Å². The summed E-state index contributed by atoms with van der Waals surface area (Å²) in [4.78, 5) is 29.9. The number of carbonyl (C=O) groups excluding carboxylic acids is 2. The number of anilines is 1. The Labute approximate surface area is 147 Å². The lowest BCUT2D eigenvalue weighted by molar-refractivity contribution is -0.137. The fraction of sp³-hybridized carbons (Fsp3) is 0.500. The van der Waals surface area contributed by atoms with Gasteiger partial charge in [-0.2, -0.15) is 13.2 Å². The highest BCUT2D eigenvalue weighted by Gasteiger charge is 2.44. The maximum absolute atomic E-state index is 13.0. The molecule has 0 spiro atoms. The van der Waals surface area contributed by atoms with Crippen LogP contribution in [0, 0.1) is 0 Å². The summed E-state index contributed by atoms with van der Waals surface area (Å²) in [7, 11) is 1.97. The number of alkyl halides is 3. The Morgan fingerprint density at radius 2 is 1.76 bits per heavy atom. The monoisotopic (exact) mass is 375 g/mol. The van der Waals surface area contributed by atoms with Crippen LogP contribution in [0.1, 0.15) is 12.0 Å². The Morgan fingerprint density at radius 3 is 2.36 bits per heavy atom. The van der Waals surface area contributed by atoms with E-state index in [0.717, 1.165) is 30.1 Å². The summed E-state index contributed by atoms with van der Waals surface area (Å²) in [5.41, 5.74) is -1.15. The van der Waals surface area contributed by atoms with Crippen LogP contribution in [-0.2, 0) is 15.8 Å². The number of hydrogen-bond donors (Lipinski definition) is 0. The van der Waals surface area contributed by atoms with E-state index in [1.807, 2.05) is 11.9 Å². The van der Waals surface area contributed by atoms with Crippen molar-refractivity contribution >= 4 is 29.1 Å². The van der Waals surface area contributed by atoms with Crippen molar-refractivity contribution < 1.29 is 22.8 Å². The number of carbonyl (C=O) groups is 2. The lowest BCUT2D eigenvalue weighted by atomic mass is 10.1. The number of imide groups is 1. The Morgan fingerprint density at radius 1 is 1.12 bits per heavy atom. The van der Waals surface area contributed by atoms with E-state index in [9.17, 15) is 22.8 Å². The molecule has 0 radical (unpaired) electrons. The summed E-state index contributed by atoms with van der Waals surface area (Å²) in [6.45, 7) is 2.83. The molecular weight excluding hydrogens is 359 g/mol. The van der Waals surface area contributed by atoms with Crippen LogP contribution in [0.4, 0.5) is 18.9 Å². The van der Waals surface area contributed by atoms with E-state index in [1.165, 1.54) is 6.07 Å². The number of nitrogens with zero attached hydrogens (tertiary/aromatic N) is 3. The number of halogens is 4.